The van der Waals surface area contributed by atoms with Crippen LogP contribution >= 0.6 is 0 Å². The first kappa shape index (κ1) is 19.4. The van der Waals surface area contributed by atoms with Crippen LogP contribution in [0.25, 0.3) is 0 Å². The maximum absolute atomic E-state index is 12.4. The van der Waals surface area contributed by atoms with Crippen molar-refractivity contribution in [3.8, 4) is 11.5 Å². The van der Waals surface area contributed by atoms with Gasteiger partial charge in [-0.05, 0) is 30.3 Å². The average Bonchev–Trinajstić information content (AvgIpc) is 3.09. The smallest absolute Gasteiger partial charge is 0.289 e. The van der Waals surface area contributed by atoms with Crippen LogP contribution in [0.4, 0.5) is 0 Å². The number of amides is 2. The molecule has 0 spiro atoms. The molecule has 0 bridgehead atoms. The van der Waals surface area contributed by atoms with E-state index >= 15 is 0 Å². The van der Waals surface area contributed by atoms with E-state index in [2.05, 4.69) is 0 Å². The van der Waals surface area contributed by atoms with E-state index in [1.165, 1.54) is 9.80 Å². The zero-order chi connectivity index (χ0) is 19.3. The number of furan rings is 1. The number of hydrogen-bond acceptors (Lipinski definition) is 5. The zero-order valence-electron chi connectivity index (χ0n) is 15.7. The molecule has 7 heteroatoms. The highest BCUT2D eigenvalue weighted by atomic mass is 16.5. The third-order valence-corrected chi connectivity index (χ3v) is 3.94. The molecule has 26 heavy (non-hydrogen) atoms. The summed E-state index contributed by atoms with van der Waals surface area (Å²) in [6.45, 7) is -0.00836. The number of rotatable bonds is 7. The summed E-state index contributed by atoms with van der Waals surface area (Å²) in [7, 11) is 8.05. The second-order valence-electron chi connectivity index (χ2n) is 6.07. The molecule has 0 aliphatic heterocycles. The molecular formula is C19H24N2O5. The fourth-order valence-electron chi connectivity index (χ4n) is 2.40. The summed E-state index contributed by atoms with van der Waals surface area (Å²) in [5.41, 5.74) is 0.885. The van der Waals surface area contributed by atoms with Gasteiger partial charge in [0.25, 0.3) is 5.91 Å². The van der Waals surface area contributed by atoms with E-state index in [1.807, 2.05) is 18.2 Å². The number of nitrogens with zero attached hydrogens (tertiary/aromatic N) is 2. The van der Waals surface area contributed by atoms with E-state index in [1.54, 1.807) is 47.5 Å². The molecule has 1 aromatic carbocycles. The molecule has 0 unspecified atom stereocenters. The van der Waals surface area contributed by atoms with Crippen LogP contribution in [0.1, 0.15) is 21.9 Å². The number of hydrogen-bond donors (Lipinski definition) is 0. The molecule has 0 fully saturated rings. The van der Waals surface area contributed by atoms with Crippen LogP contribution in [0, 0.1) is 0 Å². The van der Waals surface area contributed by atoms with Gasteiger partial charge < -0.3 is 23.7 Å². The topological polar surface area (TPSA) is 72.2 Å². The molecule has 140 valence electrons. The van der Waals surface area contributed by atoms with Crippen LogP contribution < -0.4 is 9.47 Å². The highest BCUT2D eigenvalue weighted by molar-refractivity contribution is 5.94. The normalized spacial score (nSPS) is 10.3. The maximum Gasteiger partial charge on any atom is 0.289 e. The second-order valence-corrected chi connectivity index (χ2v) is 6.07. The minimum atomic E-state index is -0.343. The van der Waals surface area contributed by atoms with E-state index in [9.17, 15) is 9.59 Å². The van der Waals surface area contributed by atoms with Crippen LogP contribution in [0.5, 0.6) is 11.5 Å². The molecule has 0 radical (unpaired) electrons. The van der Waals surface area contributed by atoms with Crippen LogP contribution in [-0.4, -0.2) is 63.5 Å². The van der Waals surface area contributed by atoms with Gasteiger partial charge in [0.2, 0.25) is 5.91 Å². The van der Waals surface area contributed by atoms with E-state index in [4.69, 9.17) is 13.9 Å². The maximum atomic E-state index is 12.4. The molecule has 0 aliphatic carbocycles. The second kappa shape index (κ2) is 8.42. The molecule has 2 rings (SSSR count). The highest BCUT2D eigenvalue weighted by Gasteiger charge is 2.19. The van der Waals surface area contributed by atoms with Gasteiger partial charge in [-0.15, -0.1) is 0 Å². The standard InChI is InChI=1S/C19H24N2O5/c1-20(2)18(22)12-21(3)19(23)17-9-7-15(26-17)11-13-10-14(24-4)6-8-16(13)25-5/h6-10H,11-12H2,1-5H3. The molecule has 0 N–H and O–H groups in total. The number of carbonyl (C=O) groups is 2. The lowest BCUT2D eigenvalue weighted by atomic mass is 10.1. The van der Waals surface area contributed by atoms with Crippen molar-refractivity contribution in [1.29, 1.82) is 0 Å². The van der Waals surface area contributed by atoms with Crippen molar-refractivity contribution >= 4 is 11.8 Å². The predicted molar refractivity (Wildman–Crippen MR) is 96.7 cm³/mol. The lowest BCUT2D eigenvalue weighted by Gasteiger charge is -2.18. The van der Waals surface area contributed by atoms with Gasteiger partial charge in [0, 0.05) is 33.1 Å². The molecular weight excluding hydrogens is 336 g/mol. The fourth-order valence-corrected chi connectivity index (χ4v) is 2.40. The zero-order valence-corrected chi connectivity index (χ0v) is 15.7. The Balaban J connectivity index is 2.12. The molecule has 0 aliphatic rings. The van der Waals surface area contributed by atoms with Gasteiger partial charge in [0.05, 0.1) is 20.8 Å². The Labute approximate surface area is 153 Å². The Morgan fingerprint density at radius 3 is 2.38 bits per heavy atom. The number of methoxy groups -OCH3 is 2. The number of likely N-dealkylation sites (N-methyl/N-ethyl adjacent to an activating group) is 2. The SMILES string of the molecule is COc1ccc(OC)c(Cc2ccc(C(=O)N(C)CC(=O)N(C)C)o2)c1. The van der Waals surface area contributed by atoms with Crippen molar-refractivity contribution in [2.24, 2.45) is 0 Å². The van der Waals surface area contributed by atoms with Gasteiger partial charge in [-0.2, -0.15) is 0 Å². The van der Waals surface area contributed by atoms with Crippen LogP contribution in [0.2, 0.25) is 0 Å². The van der Waals surface area contributed by atoms with Crippen molar-refractivity contribution in [2.45, 2.75) is 6.42 Å². The van der Waals surface area contributed by atoms with E-state index in [0.29, 0.717) is 23.7 Å². The van der Waals surface area contributed by atoms with Crippen LogP contribution in [-0.2, 0) is 11.2 Å². The van der Waals surface area contributed by atoms with Crippen molar-refractivity contribution < 1.29 is 23.5 Å². The molecule has 0 atom stereocenters. The first-order chi connectivity index (χ1) is 12.3. The Hall–Kier alpha value is -2.96. The van der Waals surface area contributed by atoms with Crippen LogP contribution in [0.3, 0.4) is 0 Å². The third kappa shape index (κ3) is 4.56. The van der Waals surface area contributed by atoms with Gasteiger partial charge in [-0.1, -0.05) is 0 Å². The van der Waals surface area contributed by atoms with E-state index < -0.39 is 0 Å². The Kier molecular flexibility index (Phi) is 6.27. The first-order valence-electron chi connectivity index (χ1n) is 8.11. The van der Waals surface area contributed by atoms with Gasteiger partial charge in [0.15, 0.2) is 5.76 Å². The molecule has 1 aromatic heterocycles. The Bertz CT molecular complexity index is 782. The summed E-state index contributed by atoms with van der Waals surface area (Å²) in [6, 6.07) is 8.86. The summed E-state index contributed by atoms with van der Waals surface area (Å²) in [5.74, 6) is 1.73. The number of benzene rings is 1. The summed E-state index contributed by atoms with van der Waals surface area (Å²) in [6.07, 6.45) is 0.452. The molecule has 0 saturated heterocycles. The molecule has 1 heterocycles. The van der Waals surface area contributed by atoms with Crippen molar-refractivity contribution in [1.82, 2.24) is 9.80 Å². The highest BCUT2D eigenvalue weighted by Crippen LogP contribution is 2.27. The summed E-state index contributed by atoms with van der Waals surface area (Å²) in [5, 5.41) is 0. The lowest BCUT2D eigenvalue weighted by molar-refractivity contribution is -0.129. The third-order valence-electron chi connectivity index (χ3n) is 3.94. The minimum absolute atomic E-state index is 0.00836. The fraction of sp³-hybridized carbons (Fsp3) is 0.368. The van der Waals surface area contributed by atoms with E-state index in [-0.39, 0.29) is 24.1 Å². The van der Waals surface area contributed by atoms with Crippen molar-refractivity contribution in [3.63, 3.8) is 0 Å². The molecule has 2 amide bonds. The summed E-state index contributed by atoms with van der Waals surface area (Å²) in [4.78, 5) is 26.9. The number of carbonyl (C=O) groups excluding carboxylic acids is 2. The Morgan fingerprint density at radius 2 is 1.77 bits per heavy atom. The van der Waals surface area contributed by atoms with Crippen molar-refractivity contribution in [3.05, 3.63) is 47.4 Å². The number of ether oxygens (including phenoxy) is 2. The van der Waals surface area contributed by atoms with E-state index in [0.717, 1.165) is 5.56 Å². The molecule has 7 nitrogen and oxygen atoms in total. The monoisotopic (exact) mass is 360 g/mol. The van der Waals surface area contributed by atoms with Crippen molar-refractivity contribution in [2.75, 3.05) is 41.9 Å². The summed E-state index contributed by atoms with van der Waals surface area (Å²) >= 11 is 0. The van der Waals surface area contributed by atoms with Crippen LogP contribution in [0.15, 0.2) is 34.7 Å². The average molecular weight is 360 g/mol. The summed E-state index contributed by atoms with van der Waals surface area (Å²) < 4.78 is 16.3. The van der Waals surface area contributed by atoms with Gasteiger partial charge in [-0.3, -0.25) is 9.59 Å². The molecule has 2 aromatic rings. The largest absolute Gasteiger partial charge is 0.497 e. The van der Waals surface area contributed by atoms with Gasteiger partial charge >= 0.3 is 0 Å². The quantitative estimate of drug-likeness (QED) is 0.756. The lowest BCUT2D eigenvalue weighted by Crippen LogP contribution is -2.37. The predicted octanol–water partition coefficient (Wildman–Crippen LogP) is 2.05. The minimum Gasteiger partial charge on any atom is -0.497 e. The first-order valence-corrected chi connectivity index (χ1v) is 8.11. The molecule has 0 saturated carbocycles. The Morgan fingerprint density at radius 1 is 1.04 bits per heavy atom. The van der Waals surface area contributed by atoms with Gasteiger partial charge in [0.1, 0.15) is 17.3 Å². The van der Waals surface area contributed by atoms with Gasteiger partial charge in [-0.25, -0.2) is 0 Å².